The van der Waals surface area contributed by atoms with E-state index < -0.39 is 0 Å². The van der Waals surface area contributed by atoms with Crippen molar-refractivity contribution in [3.8, 4) is 11.4 Å². The van der Waals surface area contributed by atoms with Crippen molar-refractivity contribution in [1.29, 1.82) is 0 Å². The molecule has 1 amide bonds. The average Bonchev–Trinajstić information content (AvgIpc) is 2.86. The van der Waals surface area contributed by atoms with Crippen LogP contribution in [0.4, 0.5) is 5.82 Å². The molecule has 5 heteroatoms. The Hall–Kier alpha value is -3.21. The van der Waals surface area contributed by atoms with E-state index in [1.165, 1.54) is 18.4 Å². The van der Waals surface area contributed by atoms with Gasteiger partial charge in [-0.3, -0.25) is 4.79 Å². The molecule has 0 unspecified atom stereocenters. The van der Waals surface area contributed by atoms with Gasteiger partial charge in [-0.25, -0.2) is 9.97 Å². The smallest absolute Gasteiger partial charge is 0.254 e. The molecule has 0 saturated heterocycles. The minimum Gasteiger partial charge on any atom is -0.360 e. The Labute approximate surface area is 191 Å². The largest absolute Gasteiger partial charge is 0.360 e. The summed E-state index contributed by atoms with van der Waals surface area (Å²) in [5, 5.41) is 0. The van der Waals surface area contributed by atoms with Crippen LogP contribution in [0.15, 0.2) is 54.6 Å². The molecule has 0 saturated carbocycles. The van der Waals surface area contributed by atoms with Crippen LogP contribution in [0.2, 0.25) is 0 Å². The summed E-state index contributed by atoms with van der Waals surface area (Å²) in [5.74, 6) is 1.75. The van der Waals surface area contributed by atoms with Gasteiger partial charge >= 0.3 is 0 Å². The molecule has 0 atom stereocenters. The van der Waals surface area contributed by atoms with Crippen molar-refractivity contribution in [3.63, 3.8) is 0 Å². The maximum Gasteiger partial charge on any atom is 0.254 e. The quantitative estimate of drug-likeness (QED) is 0.523. The fourth-order valence-corrected chi connectivity index (χ4v) is 4.13. The average molecular weight is 429 g/mol. The Morgan fingerprint density at radius 2 is 1.78 bits per heavy atom. The van der Waals surface area contributed by atoms with Gasteiger partial charge in [0.15, 0.2) is 5.82 Å². The van der Waals surface area contributed by atoms with Crippen LogP contribution in [0, 0.1) is 0 Å². The number of aromatic nitrogens is 2. The van der Waals surface area contributed by atoms with Crippen molar-refractivity contribution in [2.24, 2.45) is 0 Å². The van der Waals surface area contributed by atoms with Crippen molar-refractivity contribution in [1.82, 2.24) is 14.9 Å². The zero-order valence-electron chi connectivity index (χ0n) is 19.3. The molecule has 0 spiro atoms. The van der Waals surface area contributed by atoms with E-state index in [0.29, 0.717) is 13.1 Å². The Morgan fingerprint density at radius 3 is 2.47 bits per heavy atom. The zero-order chi connectivity index (χ0) is 22.5. The second-order valence-electron chi connectivity index (χ2n) is 8.45. The highest BCUT2D eigenvalue weighted by Gasteiger charge is 2.27. The summed E-state index contributed by atoms with van der Waals surface area (Å²) in [6.45, 7) is 6.36. The number of benzene rings is 2. The molecule has 0 N–H and O–H groups in total. The Balaban J connectivity index is 1.60. The van der Waals surface area contributed by atoms with E-state index in [1.54, 1.807) is 0 Å². The molecule has 5 nitrogen and oxygen atoms in total. The minimum absolute atomic E-state index is 0.0786. The first-order valence-electron chi connectivity index (χ1n) is 11.6. The predicted octanol–water partition coefficient (Wildman–Crippen LogP) is 5.14. The fraction of sp³-hybridized carbons (Fsp3) is 0.370. The lowest BCUT2D eigenvalue weighted by molar-refractivity contribution is 0.0733. The van der Waals surface area contributed by atoms with E-state index in [0.717, 1.165) is 53.4 Å². The SMILES string of the molecule is CCCCc1ccc(C(=O)N2CCc3nc(-c4ccccc4)nc(N(C)CC)c3C2)cc1. The number of anilines is 1. The third-order valence-corrected chi connectivity index (χ3v) is 6.21. The van der Waals surface area contributed by atoms with Crippen molar-refractivity contribution in [2.45, 2.75) is 46.1 Å². The number of rotatable bonds is 7. The second-order valence-corrected chi connectivity index (χ2v) is 8.45. The molecule has 0 bridgehead atoms. The van der Waals surface area contributed by atoms with E-state index >= 15 is 0 Å². The Morgan fingerprint density at radius 1 is 1.03 bits per heavy atom. The molecule has 3 aromatic rings. The molecule has 0 radical (unpaired) electrons. The number of carbonyl (C=O) groups is 1. The molecular weight excluding hydrogens is 396 g/mol. The maximum atomic E-state index is 13.2. The maximum absolute atomic E-state index is 13.2. The number of fused-ring (bicyclic) bond motifs is 1. The molecule has 2 heterocycles. The highest BCUT2D eigenvalue weighted by molar-refractivity contribution is 5.94. The van der Waals surface area contributed by atoms with Crippen LogP contribution >= 0.6 is 0 Å². The van der Waals surface area contributed by atoms with Crippen molar-refractivity contribution >= 4 is 11.7 Å². The zero-order valence-corrected chi connectivity index (χ0v) is 19.3. The van der Waals surface area contributed by atoms with Gasteiger partial charge in [0.05, 0.1) is 12.2 Å². The summed E-state index contributed by atoms with van der Waals surface area (Å²) < 4.78 is 0. The Kier molecular flexibility index (Phi) is 6.84. The van der Waals surface area contributed by atoms with E-state index in [4.69, 9.17) is 9.97 Å². The number of hydrogen-bond donors (Lipinski definition) is 0. The van der Waals surface area contributed by atoms with Gasteiger partial charge < -0.3 is 9.80 Å². The van der Waals surface area contributed by atoms with Crippen LogP contribution in [0.1, 0.15) is 53.9 Å². The monoisotopic (exact) mass is 428 g/mol. The van der Waals surface area contributed by atoms with Crippen molar-refractivity contribution in [2.75, 3.05) is 25.0 Å². The normalized spacial score (nSPS) is 13.0. The van der Waals surface area contributed by atoms with Crippen LogP contribution < -0.4 is 4.90 Å². The molecular formula is C27H32N4O. The second kappa shape index (κ2) is 9.94. The molecule has 4 rings (SSSR count). The van der Waals surface area contributed by atoms with E-state index in [9.17, 15) is 4.79 Å². The first-order chi connectivity index (χ1) is 15.6. The third kappa shape index (κ3) is 4.67. The topological polar surface area (TPSA) is 49.3 Å². The standard InChI is InChI=1S/C27H32N4O/c1-4-6-10-20-13-15-22(16-14-20)27(32)31-18-17-24-23(19-31)26(30(3)5-2)29-25(28-24)21-11-8-7-9-12-21/h7-9,11-16H,4-6,10,17-19H2,1-3H3. The van der Waals surface area contributed by atoms with Gasteiger partial charge in [0, 0.05) is 43.2 Å². The summed E-state index contributed by atoms with van der Waals surface area (Å²) in [4.78, 5) is 27.1. The minimum atomic E-state index is 0.0786. The highest BCUT2D eigenvalue weighted by Crippen LogP contribution is 2.29. The van der Waals surface area contributed by atoms with Crippen LogP contribution in [-0.4, -0.2) is 40.9 Å². The predicted molar refractivity (Wildman–Crippen MR) is 130 cm³/mol. The number of aryl methyl sites for hydroxylation is 1. The summed E-state index contributed by atoms with van der Waals surface area (Å²) in [6, 6.07) is 18.2. The van der Waals surface area contributed by atoms with Gasteiger partial charge in [-0.15, -0.1) is 0 Å². The molecule has 1 aromatic heterocycles. The molecule has 1 aliphatic rings. The van der Waals surface area contributed by atoms with Crippen molar-refractivity contribution in [3.05, 3.63) is 77.0 Å². The third-order valence-electron chi connectivity index (χ3n) is 6.21. The molecule has 0 fully saturated rings. The fourth-order valence-electron chi connectivity index (χ4n) is 4.13. The van der Waals surface area contributed by atoms with E-state index in [1.807, 2.05) is 54.4 Å². The van der Waals surface area contributed by atoms with Gasteiger partial charge in [-0.1, -0.05) is 55.8 Å². The van der Waals surface area contributed by atoms with Gasteiger partial charge in [0.2, 0.25) is 0 Å². The van der Waals surface area contributed by atoms with Crippen LogP contribution in [0.5, 0.6) is 0 Å². The lowest BCUT2D eigenvalue weighted by atomic mass is 10.0. The first-order valence-corrected chi connectivity index (χ1v) is 11.6. The highest BCUT2D eigenvalue weighted by atomic mass is 16.2. The molecule has 166 valence electrons. The lowest BCUT2D eigenvalue weighted by Gasteiger charge is -2.31. The number of amides is 1. The van der Waals surface area contributed by atoms with Gasteiger partial charge in [-0.2, -0.15) is 0 Å². The molecule has 0 aliphatic carbocycles. The van der Waals surface area contributed by atoms with Crippen molar-refractivity contribution < 1.29 is 4.79 Å². The summed E-state index contributed by atoms with van der Waals surface area (Å²) >= 11 is 0. The van der Waals surface area contributed by atoms with Crippen LogP contribution in [0.3, 0.4) is 0 Å². The first kappa shape index (κ1) is 22.0. The summed E-state index contributed by atoms with van der Waals surface area (Å²) in [7, 11) is 2.05. The molecule has 2 aromatic carbocycles. The lowest BCUT2D eigenvalue weighted by Crippen LogP contribution is -2.37. The van der Waals surface area contributed by atoms with Gasteiger partial charge in [0.1, 0.15) is 5.82 Å². The number of unbranched alkanes of at least 4 members (excludes halogenated alkanes) is 1. The van der Waals surface area contributed by atoms with E-state index in [-0.39, 0.29) is 5.91 Å². The number of hydrogen-bond acceptors (Lipinski definition) is 4. The number of nitrogens with zero attached hydrogens (tertiary/aromatic N) is 4. The summed E-state index contributed by atoms with van der Waals surface area (Å²) in [5.41, 5.74) is 5.17. The van der Waals surface area contributed by atoms with Crippen LogP contribution in [0.25, 0.3) is 11.4 Å². The summed E-state index contributed by atoms with van der Waals surface area (Å²) in [6.07, 6.45) is 4.16. The van der Waals surface area contributed by atoms with Gasteiger partial charge in [-0.05, 0) is 37.5 Å². The van der Waals surface area contributed by atoms with Crippen LogP contribution in [-0.2, 0) is 19.4 Å². The van der Waals surface area contributed by atoms with Gasteiger partial charge in [0.25, 0.3) is 5.91 Å². The number of carbonyl (C=O) groups excluding carboxylic acids is 1. The molecule has 1 aliphatic heterocycles. The molecule has 32 heavy (non-hydrogen) atoms. The van der Waals surface area contributed by atoms with E-state index in [2.05, 4.69) is 30.9 Å². The Bertz CT molecular complexity index is 1060.